The molecule has 2 saturated heterocycles. The van der Waals surface area contributed by atoms with Crippen LogP contribution in [0.3, 0.4) is 0 Å². The van der Waals surface area contributed by atoms with Crippen LogP contribution in [0.2, 0.25) is 0 Å². The molecule has 0 aliphatic carbocycles. The molecule has 0 radical (unpaired) electrons. The summed E-state index contributed by atoms with van der Waals surface area (Å²) in [6.45, 7) is 3.40. The lowest BCUT2D eigenvalue weighted by atomic mass is 10.0. The summed E-state index contributed by atoms with van der Waals surface area (Å²) in [7, 11) is 0. The van der Waals surface area contributed by atoms with Crippen molar-refractivity contribution in [2.45, 2.75) is 50.9 Å². The number of β-amino-alcohol motifs (C(OH)–C–C–N with tert-alkyl or cyclic N) is 1. The van der Waals surface area contributed by atoms with Gasteiger partial charge in [0.2, 0.25) is 5.91 Å². The Hall–Kier alpha value is -3.63. The number of alkyl halides is 3. The number of nitriles is 1. The normalized spacial score (nSPS) is 17.5. The molecule has 2 aromatic carbocycles. The lowest BCUT2D eigenvalue weighted by Gasteiger charge is -2.35. The van der Waals surface area contributed by atoms with E-state index in [-0.39, 0.29) is 42.6 Å². The fraction of sp³-hybridized carbons (Fsp3) is 0.385. The summed E-state index contributed by atoms with van der Waals surface area (Å²) >= 11 is 5.37. The highest BCUT2D eigenvalue weighted by Crippen LogP contribution is 2.42. The molecule has 4 rings (SSSR count). The Balaban J connectivity index is 1.58. The summed E-state index contributed by atoms with van der Waals surface area (Å²) in [6, 6.07) is 6.98. The van der Waals surface area contributed by atoms with E-state index < -0.39 is 52.2 Å². The summed E-state index contributed by atoms with van der Waals surface area (Å²) in [6.07, 6.45) is -4.94. The second-order valence-corrected chi connectivity index (χ2v) is 10.2. The third kappa shape index (κ3) is 5.06. The van der Waals surface area contributed by atoms with E-state index in [1.807, 2.05) is 0 Å². The maximum Gasteiger partial charge on any atom is 0.420 e. The Labute approximate surface area is 226 Å². The minimum Gasteiger partial charge on any atom is -0.389 e. The van der Waals surface area contributed by atoms with Gasteiger partial charge in [0, 0.05) is 25.2 Å². The number of likely N-dealkylation sites (tertiary alicyclic amines) is 1. The monoisotopic (exact) mass is 566 g/mol. The van der Waals surface area contributed by atoms with Crippen LogP contribution in [0.5, 0.6) is 0 Å². The Morgan fingerprint density at radius 1 is 1.21 bits per heavy atom. The van der Waals surface area contributed by atoms with Crippen molar-refractivity contribution in [2.24, 2.45) is 0 Å². The number of aliphatic hydroxyl groups is 1. The van der Waals surface area contributed by atoms with Crippen LogP contribution in [-0.2, 0) is 22.2 Å². The summed E-state index contributed by atoms with van der Waals surface area (Å²) in [5, 5.41) is 18.0. The van der Waals surface area contributed by atoms with E-state index in [0.717, 1.165) is 18.2 Å². The SMILES string of the molecule is CC1(C)C(=O)N(c2ccc(C#N)c(C(F)(F)F)c2F)C(=S)N1c1ccc(CCCC(=O)N2CC(O)C2)c(F)c1. The number of aliphatic hydroxyl groups excluding tert-OH is 1. The average molecular weight is 567 g/mol. The van der Waals surface area contributed by atoms with Gasteiger partial charge in [-0.1, -0.05) is 6.07 Å². The van der Waals surface area contributed by atoms with Crippen molar-refractivity contribution in [1.82, 2.24) is 4.90 Å². The zero-order valence-electron chi connectivity index (χ0n) is 20.9. The zero-order chi connectivity index (χ0) is 28.9. The fourth-order valence-corrected chi connectivity index (χ4v) is 5.19. The number of amides is 2. The van der Waals surface area contributed by atoms with Crippen LogP contribution < -0.4 is 9.80 Å². The molecule has 1 N–H and O–H groups in total. The Kier molecular flexibility index (Phi) is 7.39. The standard InChI is InChI=1S/C26H23F5N4O3S/c1-25(2)23(38)34(19-9-7-15(11-32)21(22(19)28)26(29,30)31)24(39)35(25)16-8-6-14(18(27)10-16)4-3-5-20(37)33-12-17(36)13-33/h6-10,17,36H,3-5,12-13H2,1-2H3. The van der Waals surface area contributed by atoms with Gasteiger partial charge in [-0.25, -0.2) is 8.78 Å². The smallest absolute Gasteiger partial charge is 0.389 e. The van der Waals surface area contributed by atoms with Gasteiger partial charge >= 0.3 is 6.18 Å². The first-order valence-electron chi connectivity index (χ1n) is 11.9. The lowest BCUT2D eigenvalue weighted by Crippen LogP contribution is -2.53. The number of nitrogens with zero attached hydrogens (tertiary/aromatic N) is 4. The van der Waals surface area contributed by atoms with Gasteiger partial charge in [0.15, 0.2) is 10.9 Å². The van der Waals surface area contributed by atoms with Gasteiger partial charge < -0.3 is 14.9 Å². The quantitative estimate of drug-likeness (QED) is 0.415. The highest BCUT2D eigenvalue weighted by atomic mass is 32.1. The van der Waals surface area contributed by atoms with E-state index in [2.05, 4.69) is 0 Å². The van der Waals surface area contributed by atoms with Crippen LogP contribution in [0.15, 0.2) is 30.3 Å². The summed E-state index contributed by atoms with van der Waals surface area (Å²) in [5.74, 6) is -3.45. The molecule has 2 aliphatic rings. The minimum absolute atomic E-state index is 0.123. The van der Waals surface area contributed by atoms with Crippen molar-refractivity contribution in [3.05, 3.63) is 58.7 Å². The molecule has 0 unspecified atom stereocenters. The third-order valence-corrected chi connectivity index (χ3v) is 7.15. The largest absolute Gasteiger partial charge is 0.420 e. The van der Waals surface area contributed by atoms with E-state index in [4.69, 9.17) is 17.5 Å². The summed E-state index contributed by atoms with van der Waals surface area (Å²) in [4.78, 5) is 28.7. The fourth-order valence-electron chi connectivity index (χ4n) is 4.67. The number of hydrogen-bond acceptors (Lipinski definition) is 5. The van der Waals surface area contributed by atoms with Gasteiger partial charge in [-0.3, -0.25) is 14.5 Å². The van der Waals surface area contributed by atoms with E-state index in [1.54, 1.807) is 0 Å². The first-order valence-corrected chi connectivity index (χ1v) is 12.3. The van der Waals surface area contributed by atoms with E-state index >= 15 is 8.78 Å². The predicted molar refractivity (Wildman–Crippen MR) is 135 cm³/mol. The number of rotatable bonds is 6. The van der Waals surface area contributed by atoms with Gasteiger partial charge in [0.25, 0.3) is 5.91 Å². The number of carbonyl (C=O) groups excluding carboxylic acids is 2. The number of benzene rings is 2. The van der Waals surface area contributed by atoms with Crippen LogP contribution in [-0.4, -0.2) is 51.7 Å². The highest BCUT2D eigenvalue weighted by Gasteiger charge is 2.52. The second-order valence-electron chi connectivity index (χ2n) is 9.83. The molecule has 39 heavy (non-hydrogen) atoms. The molecule has 0 atom stereocenters. The van der Waals surface area contributed by atoms with Crippen LogP contribution >= 0.6 is 12.2 Å². The van der Waals surface area contributed by atoms with Gasteiger partial charge in [0.05, 0.1) is 23.4 Å². The number of halogens is 5. The molecule has 0 bridgehead atoms. The molecule has 13 heteroatoms. The van der Waals surface area contributed by atoms with Crippen molar-refractivity contribution in [2.75, 3.05) is 22.9 Å². The van der Waals surface area contributed by atoms with Gasteiger partial charge in [-0.2, -0.15) is 18.4 Å². The molecule has 2 amide bonds. The average Bonchev–Trinajstić information content (AvgIpc) is 3.00. The molecular formula is C26H23F5N4O3S. The molecule has 206 valence electrons. The molecule has 0 saturated carbocycles. The van der Waals surface area contributed by atoms with Gasteiger partial charge in [-0.15, -0.1) is 0 Å². The van der Waals surface area contributed by atoms with Gasteiger partial charge in [-0.05, 0) is 68.7 Å². The molecule has 7 nitrogen and oxygen atoms in total. The molecule has 2 aromatic rings. The van der Waals surface area contributed by atoms with Crippen LogP contribution in [0, 0.1) is 23.0 Å². The number of thiocarbonyl (C=S) groups is 1. The zero-order valence-corrected chi connectivity index (χ0v) is 21.7. The van der Waals surface area contributed by atoms with E-state index in [9.17, 15) is 27.9 Å². The number of carbonyl (C=O) groups is 2. The molecule has 0 aromatic heterocycles. The second kappa shape index (κ2) is 10.2. The summed E-state index contributed by atoms with van der Waals surface area (Å²) in [5.41, 5.74) is -4.62. The third-order valence-electron chi connectivity index (χ3n) is 6.78. The van der Waals surface area contributed by atoms with Crippen molar-refractivity contribution >= 4 is 40.5 Å². The first kappa shape index (κ1) is 28.4. The Morgan fingerprint density at radius 3 is 2.44 bits per heavy atom. The molecule has 2 aliphatic heterocycles. The molecule has 2 fully saturated rings. The topological polar surface area (TPSA) is 87.9 Å². The van der Waals surface area contributed by atoms with Crippen LogP contribution in [0.1, 0.15) is 43.4 Å². The van der Waals surface area contributed by atoms with Crippen LogP contribution in [0.4, 0.5) is 33.3 Å². The van der Waals surface area contributed by atoms with E-state index in [1.165, 1.54) is 41.8 Å². The highest BCUT2D eigenvalue weighted by molar-refractivity contribution is 7.81. The number of hydrogen-bond donors (Lipinski definition) is 1. The molecule has 2 heterocycles. The Morgan fingerprint density at radius 2 is 1.87 bits per heavy atom. The predicted octanol–water partition coefficient (Wildman–Crippen LogP) is 4.30. The lowest BCUT2D eigenvalue weighted by molar-refractivity contribution is -0.141. The van der Waals surface area contributed by atoms with E-state index in [0.29, 0.717) is 16.9 Å². The van der Waals surface area contributed by atoms with Crippen LogP contribution in [0.25, 0.3) is 0 Å². The maximum atomic E-state index is 15.1. The number of anilines is 2. The number of aryl methyl sites for hydroxylation is 1. The van der Waals surface area contributed by atoms with Gasteiger partial charge in [0.1, 0.15) is 16.9 Å². The molecular weight excluding hydrogens is 543 g/mol. The minimum atomic E-state index is -5.20. The molecule has 0 spiro atoms. The summed E-state index contributed by atoms with van der Waals surface area (Å²) < 4.78 is 70.8. The van der Waals surface area contributed by atoms with Crippen molar-refractivity contribution in [3.8, 4) is 6.07 Å². The van der Waals surface area contributed by atoms with Crippen molar-refractivity contribution < 1.29 is 36.6 Å². The van der Waals surface area contributed by atoms with Crippen molar-refractivity contribution in [3.63, 3.8) is 0 Å². The first-order chi connectivity index (χ1) is 18.2. The van der Waals surface area contributed by atoms with Crippen molar-refractivity contribution in [1.29, 1.82) is 5.26 Å². The Bertz CT molecular complexity index is 1400. The maximum absolute atomic E-state index is 15.1.